The highest BCUT2D eigenvalue weighted by Crippen LogP contribution is 2.31. The molecule has 2 rings (SSSR count). The predicted octanol–water partition coefficient (Wildman–Crippen LogP) is 2.42. The van der Waals surface area contributed by atoms with Crippen molar-refractivity contribution in [3.05, 3.63) is 47.3 Å². The molecule has 1 heterocycles. The number of para-hydroxylation sites is 1. The summed E-state index contributed by atoms with van der Waals surface area (Å²) in [5.41, 5.74) is -1.30. The van der Waals surface area contributed by atoms with Crippen LogP contribution in [-0.4, -0.2) is 32.7 Å². The van der Waals surface area contributed by atoms with Crippen LogP contribution in [0.25, 0.3) is 0 Å². The maximum absolute atomic E-state index is 12.9. The topological polar surface area (TPSA) is 58.4 Å². The van der Waals surface area contributed by atoms with Gasteiger partial charge in [0, 0.05) is 32.4 Å². The third kappa shape index (κ3) is 3.21. The standard InChI is InChI=1S/C14H14F3N3O2/c1-19(7-9-5-3-4-6-11(9)21)13(22)10-8-20(2)18-12(10)14(15,16)17/h3-6,8,21H,7H2,1-2H3. The second kappa shape index (κ2) is 5.70. The van der Waals surface area contributed by atoms with E-state index in [1.165, 1.54) is 20.2 Å². The first-order chi connectivity index (χ1) is 10.2. The first-order valence-corrected chi connectivity index (χ1v) is 6.33. The molecule has 0 atom stereocenters. The fourth-order valence-electron chi connectivity index (χ4n) is 2.03. The lowest BCUT2D eigenvalue weighted by atomic mass is 10.1. The van der Waals surface area contributed by atoms with Gasteiger partial charge in [-0.1, -0.05) is 18.2 Å². The molecule has 0 radical (unpaired) electrons. The Morgan fingerprint density at radius 2 is 2.00 bits per heavy atom. The average molecular weight is 313 g/mol. The molecule has 5 nitrogen and oxygen atoms in total. The Labute approximate surface area is 124 Å². The van der Waals surface area contributed by atoms with Gasteiger partial charge in [-0.3, -0.25) is 9.48 Å². The zero-order valence-corrected chi connectivity index (χ0v) is 11.9. The van der Waals surface area contributed by atoms with Crippen molar-refractivity contribution in [3.8, 4) is 5.75 Å². The molecule has 0 saturated carbocycles. The number of aryl methyl sites for hydroxylation is 1. The minimum atomic E-state index is -4.71. The second-order valence-corrected chi connectivity index (χ2v) is 4.85. The predicted molar refractivity (Wildman–Crippen MR) is 72.1 cm³/mol. The molecule has 1 aromatic carbocycles. The van der Waals surface area contributed by atoms with Gasteiger partial charge in [-0.25, -0.2) is 0 Å². The Bertz CT molecular complexity index is 695. The van der Waals surface area contributed by atoms with Crippen molar-refractivity contribution in [2.45, 2.75) is 12.7 Å². The Kier molecular flexibility index (Phi) is 4.11. The number of aromatic hydroxyl groups is 1. The van der Waals surface area contributed by atoms with Crippen molar-refractivity contribution in [3.63, 3.8) is 0 Å². The van der Waals surface area contributed by atoms with E-state index < -0.39 is 23.3 Å². The molecule has 0 bridgehead atoms. The molecule has 0 fully saturated rings. The number of hydrogen-bond donors (Lipinski definition) is 1. The average Bonchev–Trinajstić information content (AvgIpc) is 2.82. The quantitative estimate of drug-likeness (QED) is 0.947. The molecule has 0 aliphatic rings. The molecule has 0 saturated heterocycles. The number of nitrogens with zero attached hydrogens (tertiary/aromatic N) is 3. The van der Waals surface area contributed by atoms with Crippen LogP contribution in [0.15, 0.2) is 30.5 Å². The van der Waals surface area contributed by atoms with Crippen LogP contribution in [-0.2, 0) is 19.8 Å². The summed E-state index contributed by atoms with van der Waals surface area (Å²) in [6.45, 7) is -0.0162. The number of alkyl halides is 3. The van der Waals surface area contributed by atoms with E-state index in [0.717, 1.165) is 15.8 Å². The maximum atomic E-state index is 12.9. The number of carbonyl (C=O) groups excluding carboxylic acids is 1. The van der Waals surface area contributed by atoms with Crippen LogP contribution in [0.2, 0.25) is 0 Å². The summed E-state index contributed by atoms with van der Waals surface area (Å²) in [5, 5.41) is 13.0. The SMILES string of the molecule is CN(Cc1ccccc1O)C(=O)c1cn(C)nc1C(F)(F)F. The first-order valence-electron chi connectivity index (χ1n) is 6.33. The van der Waals surface area contributed by atoms with E-state index in [0.29, 0.717) is 5.56 Å². The third-order valence-corrected chi connectivity index (χ3v) is 3.07. The summed E-state index contributed by atoms with van der Waals surface area (Å²) >= 11 is 0. The van der Waals surface area contributed by atoms with Crippen LogP contribution in [0, 0.1) is 0 Å². The number of halogens is 3. The smallest absolute Gasteiger partial charge is 0.435 e. The van der Waals surface area contributed by atoms with Gasteiger partial charge >= 0.3 is 6.18 Å². The molecule has 0 unspecified atom stereocenters. The maximum Gasteiger partial charge on any atom is 0.435 e. The summed E-state index contributed by atoms with van der Waals surface area (Å²) in [7, 11) is 2.68. The number of phenols is 1. The van der Waals surface area contributed by atoms with E-state index in [4.69, 9.17) is 0 Å². The van der Waals surface area contributed by atoms with Gasteiger partial charge in [0.2, 0.25) is 0 Å². The molecule has 0 aliphatic heterocycles. The molecular formula is C14H14F3N3O2. The highest BCUT2D eigenvalue weighted by Gasteiger charge is 2.39. The minimum Gasteiger partial charge on any atom is -0.508 e. The molecule has 1 aromatic heterocycles. The van der Waals surface area contributed by atoms with Gasteiger partial charge < -0.3 is 10.0 Å². The first kappa shape index (κ1) is 15.9. The van der Waals surface area contributed by atoms with Crippen LogP contribution in [0.1, 0.15) is 21.6 Å². The van der Waals surface area contributed by atoms with Gasteiger partial charge in [0.05, 0.1) is 5.56 Å². The van der Waals surface area contributed by atoms with Gasteiger partial charge in [-0.15, -0.1) is 0 Å². The lowest BCUT2D eigenvalue weighted by Gasteiger charge is -2.18. The van der Waals surface area contributed by atoms with Crippen LogP contribution >= 0.6 is 0 Å². The Morgan fingerprint density at radius 3 is 2.59 bits per heavy atom. The number of carbonyl (C=O) groups is 1. The molecule has 118 valence electrons. The lowest BCUT2D eigenvalue weighted by molar-refractivity contribution is -0.141. The molecule has 0 spiro atoms. The largest absolute Gasteiger partial charge is 0.508 e. The molecule has 0 aliphatic carbocycles. The van der Waals surface area contributed by atoms with Gasteiger partial charge in [-0.2, -0.15) is 18.3 Å². The van der Waals surface area contributed by atoms with E-state index in [1.54, 1.807) is 18.2 Å². The van der Waals surface area contributed by atoms with Crippen molar-refractivity contribution >= 4 is 5.91 Å². The van der Waals surface area contributed by atoms with Crippen molar-refractivity contribution in [1.29, 1.82) is 0 Å². The van der Waals surface area contributed by atoms with Crippen LogP contribution in [0.3, 0.4) is 0 Å². The Hall–Kier alpha value is -2.51. The molecule has 8 heteroatoms. The highest BCUT2D eigenvalue weighted by molar-refractivity contribution is 5.95. The third-order valence-electron chi connectivity index (χ3n) is 3.07. The number of amides is 1. The van der Waals surface area contributed by atoms with Crippen LogP contribution < -0.4 is 0 Å². The summed E-state index contributed by atoms with van der Waals surface area (Å²) < 4.78 is 39.6. The Morgan fingerprint density at radius 1 is 1.36 bits per heavy atom. The molecule has 1 N–H and O–H groups in total. The van der Waals surface area contributed by atoms with Gasteiger partial charge in [-0.05, 0) is 6.07 Å². The fourth-order valence-corrected chi connectivity index (χ4v) is 2.03. The van der Waals surface area contributed by atoms with Gasteiger partial charge in [0.25, 0.3) is 5.91 Å². The van der Waals surface area contributed by atoms with Gasteiger partial charge in [0.15, 0.2) is 5.69 Å². The van der Waals surface area contributed by atoms with Crippen molar-refractivity contribution in [1.82, 2.24) is 14.7 Å². The number of hydrogen-bond acceptors (Lipinski definition) is 3. The fraction of sp³-hybridized carbons (Fsp3) is 0.286. The van der Waals surface area contributed by atoms with Crippen molar-refractivity contribution in [2.75, 3.05) is 7.05 Å². The second-order valence-electron chi connectivity index (χ2n) is 4.85. The number of phenolic OH excluding ortho intramolecular Hbond substituents is 1. The lowest BCUT2D eigenvalue weighted by Crippen LogP contribution is -2.28. The molecular weight excluding hydrogens is 299 g/mol. The minimum absolute atomic E-state index is 0.0162. The Balaban J connectivity index is 2.27. The summed E-state index contributed by atoms with van der Waals surface area (Å²) in [5.74, 6) is -0.840. The molecule has 22 heavy (non-hydrogen) atoms. The van der Waals surface area contributed by atoms with E-state index in [-0.39, 0.29) is 12.3 Å². The summed E-state index contributed by atoms with van der Waals surface area (Å²) in [6.07, 6.45) is -3.67. The number of rotatable bonds is 3. The van der Waals surface area contributed by atoms with E-state index in [2.05, 4.69) is 5.10 Å². The van der Waals surface area contributed by atoms with Gasteiger partial charge in [0.1, 0.15) is 5.75 Å². The number of benzene rings is 1. The van der Waals surface area contributed by atoms with E-state index in [1.807, 2.05) is 0 Å². The van der Waals surface area contributed by atoms with Crippen LogP contribution in [0.4, 0.5) is 13.2 Å². The summed E-state index contributed by atoms with van der Waals surface area (Å²) in [6, 6.07) is 6.31. The molecule has 2 aromatic rings. The monoisotopic (exact) mass is 313 g/mol. The molecule has 1 amide bonds. The van der Waals surface area contributed by atoms with Crippen LogP contribution in [0.5, 0.6) is 5.75 Å². The summed E-state index contributed by atoms with van der Waals surface area (Å²) in [4.78, 5) is 13.3. The van der Waals surface area contributed by atoms with Crippen molar-refractivity contribution < 1.29 is 23.1 Å². The highest BCUT2D eigenvalue weighted by atomic mass is 19.4. The normalized spacial score (nSPS) is 11.5. The van der Waals surface area contributed by atoms with Crippen molar-refractivity contribution in [2.24, 2.45) is 7.05 Å². The number of aromatic nitrogens is 2. The van der Waals surface area contributed by atoms with E-state index in [9.17, 15) is 23.1 Å². The zero-order valence-electron chi connectivity index (χ0n) is 11.9. The van der Waals surface area contributed by atoms with E-state index >= 15 is 0 Å². The zero-order chi connectivity index (χ0) is 16.5.